The quantitative estimate of drug-likeness (QED) is 0.0388. The van der Waals surface area contributed by atoms with Crippen LogP contribution >= 0.6 is 7.82 Å². The molecule has 3 unspecified atom stereocenters. The molecule has 0 aliphatic carbocycles. The fourth-order valence-corrected chi connectivity index (χ4v) is 5.83. The number of phosphoric ester groups is 1. The molecule has 3 atom stereocenters. The Labute approximate surface area is 281 Å². The summed E-state index contributed by atoms with van der Waals surface area (Å²) in [6.07, 6.45) is 24.4. The predicted octanol–water partition coefficient (Wildman–Crippen LogP) is 9.99. The lowest BCUT2D eigenvalue weighted by Crippen LogP contribution is -2.30. The van der Waals surface area contributed by atoms with Gasteiger partial charge in [0.15, 0.2) is 6.10 Å². The van der Waals surface area contributed by atoms with Crippen molar-refractivity contribution in [2.45, 2.75) is 194 Å². The molecule has 0 aromatic rings. The van der Waals surface area contributed by atoms with Crippen molar-refractivity contribution in [3.8, 4) is 0 Å². The number of unbranched alkanes of at least 4 members (excludes halogenated alkanes) is 20. The minimum Gasteiger partial charge on any atom is -0.462 e. The Balaban J connectivity index is 4.45. The molecule has 0 fully saturated rings. The molecule has 0 aliphatic heterocycles. The molecule has 0 aromatic carbocycles. The molecule has 10 heteroatoms. The van der Waals surface area contributed by atoms with Crippen molar-refractivity contribution in [1.82, 2.24) is 0 Å². The number of carbonyl (C=O) groups is 2. The summed E-state index contributed by atoms with van der Waals surface area (Å²) < 4.78 is 33.1. The largest absolute Gasteiger partial charge is 0.472 e. The number of hydrogen-bond acceptors (Lipinski definition) is 8. The number of ether oxygens (including phenoxy) is 2. The molecule has 0 saturated heterocycles. The first-order valence-corrected chi connectivity index (χ1v) is 20.3. The van der Waals surface area contributed by atoms with E-state index in [1.54, 1.807) is 13.8 Å². The van der Waals surface area contributed by atoms with Crippen molar-refractivity contribution in [3.63, 3.8) is 0 Å². The van der Waals surface area contributed by atoms with E-state index in [1.165, 1.54) is 96.3 Å². The van der Waals surface area contributed by atoms with Crippen LogP contribution in [-0.2, 0) is 32.7 Å². The van der Waals surface area contributed by atoms with Gasteiger partial charge < -0.3 is 19.5 Å². The van der Waals surface area contributed by atoms with Gasteiger partial charge in [-0.25, -0.2) is 4.57 Å². The van der Waals surface area contributed by atoms with E-state index in [-0.39, 0.29) is 32.0 Å². The maximum absolute atomic E-state index is 12.5. The Morgan fingerprint density at radius 3 is 1.35 bits per heavy atom. The van der Waals surface area contributed by atoms with E-state index in [0.29, 0.717) is 6.42 Å². The fraction of sp³-hybridized carbons (Fsp3) is 0.944. The monoisotopic (exact) mass is 678 g/mol. The molecule has 0 heterocycles. The van der Waals surface area contributed by atoms with Gasteiger partial charge in [-0.1, -0.05) is 156 Å². The summed E-state index contributed by atoms with van der Waals surface area (Å²) in [5.74, 6) is -1.02. The second-order valence-corrected chi connectivity index (χ2v) is 14.7. The molecule has 0 bridgehead atoms. The Morgan fingerprint density at radius 1 is 0.565 bits per heavy atom. The van der Waals surface area contributed by atoms with Crippen LogP contribution in [0.2, 0.25) is 0 Å². The smallest absolute Gasteiger partial charge is 0.462 e. The van der Waals surface area contributed by atoms with Gasteiger partial charge in [-0.2, -0.15) is 0 Å². The van der Waals surface area contributed by atoms with Crippen molar-refractivity contribution in [1.29, 1.82) is 0 Å². The number of hydrogen-bond donors (Lipinski definition) is 2. The third-order valence-corrected chi connectivity index (χ3v) is 9.25. The summed E-state index contributed by atoms with van der Waals surface area (Å²) in [5.41, 5.74) is 0. The van der Waals surface area contributed by atoms with Crippen LogP contribution in [0.25, 0.3) is 0 Å². The number of aliphatic hydroxyl groups excluding tert-OH is 1. The summed E-state index contributed by atoms with van der Waals surface area (Å²) in [6, 6.07) is 0. The van der Waals surface area contributed by atoms with Crippen molar-refractivity contribution in [2.75, 3.05) is 19.8 Å². The second kappa shape index (κ2) is 31.3. The number of carbonyl (C=O) groups excluding carboxylic acids is 2. The summed E-state index contributed by atoms with van der Waals surface area (Å²) in [6.45, 7) is 6.86. The molecular formula is C36H71O9P. The van der Waals surface area contributed by atoms with Crippen molar-refractivity contribution in [3.05, 3.63) is 0 Å². The minimum atomic E-state index is -4.51. The Kier molecular flexibility index (Phi) is 30.6. The normalized spacial score (nSPS) is 14.2. The first-order chi connectivity index (χ1) is 22.1. The molecule has 46 heavy (non-hydrogen) atoms. The maximum Gasteiger partial charge on any atom is 0.472 e. The van der Waals surface area contributed by atoms with Crippen LogP contribution in [0.1, 0.15) is 182 Å². The van der Waals surface area contributed by atoms with Crippen molar-refractivity contribution in [2.24, 2.45) is 5.92 Å². The molecule has 0 aliphatic rings. The molecule has 274 valence electrons. The van der Waals surface area contributed by atoms with Gasteiger partial charge in [0.05, 0.1) is 19.3 Å². The molecule has 9 nitrogen and oxygen atoms in total. The van der Waals surface area contributed by atoms with Gasteiger partial charge in [0.2, 0.25) is 0 Å². The standard InChI is InChI=1S/C36H71O9P/c1-5-7-9-11-13-15-17-19-21-23-25-27-35(38)42-29-33(30-43-46(40,41)44-31-34(37)32(3)4)45-36(39)28-26-24-22-20-18-16-14-12-10-8-6-2/h32-34,37H,5-31H2,1-4H3,(H,40,41). The van der Waals surface area contributed by atoms with E-state index in [4.69, 9.17) is 18.5 Å². The molecule has 0 amide bonds. The number of phosphoric acid groups is 1. The highest BCUT2D eigenvalue weighted by atomic mass is 31.2. The zero-order chi connectivity index (χ0) is 34.3. The van der Waals surface area contributed by atoms with E-state index in [1.807, 2.05) is 0 Å². The molecule has 0 radical (unpaired) electrons. The highest BCUT2D eigenvalue weighted by Crippen LogP contribution is 2.43. The first-order valence-electron chi connectivity index (χ1n) is 18.8. The van der Waals surface area contributed by atoms with E-state index in [0.717, 1.165) is 38.5 Å². The molecule has 0 saturated carbocycles. The summed E-state index contributed by atoms with van der Waals surface area (Å²) in [7, 11) is -4.51. The number of esters is 2. The van der Waals surface area contributed by atoms with E-state index < -0.39 is 38.6 Å². The summed E-state index contributed by atoms with van der Waals surface area (Å²) >= 11 is 0. The Bertz CT molecular complexity index is 762. The number of aliphatic hydroxyl groups is 1. The van der Waals surface area contributed by atoms with Crippen molar-refractivity contribution < 1.29 is 42.7 Å². The Hall–Kier alpha value is -0.990. The van der Waals surface area contributed by atoms with Crippen LogP contribution in [0.5, 0.6) is 0 Å². The van der Waals surface area contributed by atoms with Crippen LogP contribution in [-0.4, -0.2) is 54.0 Å². The topological polar surface area (TPSA) is 129 Å². The lowest BCUT2D eigenvalue weighted by molar-refractivity contribution is -0.161. The third-order valence-electron chi connectivity index (χ3n) is 8.30. The molecular weight excluding hydrogens is 607 g/mol. The molecule has 2 N–H and O–H groups in total. The molecule has 0 rings (SSSR count). The maximum atomic E-state index is 12.5. The third kappa shape index (κ3) is 30.4. The van der Waals surface area contributed by atoms with Gasteiger partial charge in [0.1, 0.15) is 6.61 Å². The van der Waals surface area contributed by atoms with Crippen LogP contribution in [0.15, 0.2) is 0 Å². The van der Waals surface area contributed by atoms with Gasteiger partial charge in [0.25, 0.3) is 0 Å². The van der Waals surface area contributed by atoms with Gasteiger partial charge in [-0.15, -0.1) is 0 Å². The number of rotatable bonds is 34. The van der Waals surface area contributed by atoms with Crippen LogP contribution in [0.4, 0.5) is 0 Å². The fourth-order valence-electron chi connectivity index (χ4n) is 5.06. The average molecular weight is 679 g/mol. The average Bonchev–Trinajstić information content (AvgIpc) is 3.02. The van der Waals surface area contributed by atoms with Crippen molar-refractivity contribution >= 4 is 19.8 Å². The van der Waals surface area contributed by atoms with Gasteiger partial charge in [-0.05, 0) is 18.8 Å². The van der Waals surface area contributed by atoms with Gasteiger partial charge >= 0.3 is 19.8 Å². The first kappa shape index (κ1) is 45.0. The van der Waals surface area contributed by atoms with Gasteiger partial charge in [0, 0.05) is 12.8 Å². The van der Waals surface area contributed by atoms with Crippen LogP contribution in [0, 0.1) is 5.92 Å². The van der Waals surface area contributed by atoms with Gasteiger partial charge in [-0.3, -0.25) is 18.6 Å². The predicted molar refractivity (Wildman–Crippen MR) is 186 cm³/mol. The molecule has 0 spiro atoms. The van der Waals surface area contributed by atoms with E-state index in [9.17, 15) is 24.2 Å². The zero-order valence-electron chi connectivity index (χ0n) is 30.0. The summed E-state index contributed by atoms with van der Waals surface area (Å²) in [5, 5.41) is 9.87. The highest BCUT2D eigenvalue weighted by Gasteiger charge is 2.27. The highest BCUT2D eigenvalue weighted by molar-refractivity contribution is 7.47. The lowest BCUT2D eigenvalue weighted by atomic mass is 10.1. The van der Waals surface area contributed by atoms with E-state index >= 15 is 0 Å². The summed E-state index contributed by atoms with van der Waals surface area (Å²) in [4.78, 5) is 34.9. The second-order valence-electron chi connectivity index (χ2n) is 13.2. The zero-order valence-corrected chi connectivity index (χ0v) is 30.9. The lowest BCUT2D eigenvalue weighted by Gasteiger charge is -2.21. The Morgan fingerprint density at radius 2 is 0.935 bits per heavy atom. The van der Waals surface area contributed by atoms with Crippen LogP contribution < -0.4 is 0 Å². The minimum absolute atomic E-state index is 0.163. The van der Waals surface area contributed by atoms with Crippen LogP contribution in [0.3, 0.4) is 0 Å². The molecule has 0 aromatic heterocycles. The van der Waals surface area contributed by atoms with E-state index in [2.05, 4.69) is 13.8 Å². The SMILES string of the molecule is CCCCCCCCCCCCCC(=O)OCC(COP(=O)(O)OCC(O)C(C)C)OC(=O)CCCCCCCCCCCCC.